The van der Waals surface area contributed by atoms with Crippen LogP contribution in [0.15, 0.2) is 0 Å². The number of aliphatic carboxylic acids is 1. The van der Waals surface area contributed by atoms with Crippen LogP contribution in [0.2, 0.25) is 0 Å². The van der Waals surface area contributed by atoms with Crippen molar-refractivity contribution in [1.29, 1.82) is 0 Å². The maximum atomic E-state index is 11.9. The molecular weight excluding hydrogens is 366 g/mol. The van der Waals surface area contributed by atoms with E-state index in [4.69, 9.17) is 20.7 Å². The molecule has 2 amide bonds. The lowest BCUT2D eigenvalue weighted by atomic mass is 10.1. The van der Waals surface area contributed by atoms with E-state index in [0.29, 0.717) is 12.8 Å². The lowest BCUT2D eigenvalue weighted by Gasteiger charge is -2.16. The third-order valence-electron chi connectivity index (χ3n) is 3.31. The Hall–Kier alpha value is -1.85. The van der Waals surface area contributed by atoms with E-state index in [2.05, 4.69) is 23.3 Å². The summed E-state index contributed by atoms with van der Waals surface area (Å²) in [5.74, 6) is -2.97. The molecule has 26 heavy (non-hydrogen) atoms. The van der Waals surface area contributed by atoms with Crippen molar-refractivity contribution in [2.45, 2.75) is 44.2 Å². The van der Waals surface area contributed by atoms with Crippen LogP contribution < -0.4 is 16.4 Å². The molecule has 0 aliphatic rings. The van der Waals surface area contributed by atoms with Gasteiger partial charge >= 0.3 is 11.9 Å². The molecule has 2 atom stereocenters. The van der Waals surface area contributed by atoms with Crippen molar-refractivity contribution < 1.29 is 34.1 Å². The van der Waals surface area contributed by atoms with Gasteiger partial charge in [0.05, 0.1) is 6.61 Å². The number of esters is 1. The van der Waals surface area contributed by atoms with Crippen molar-refractivity contribution in [3.63, 3.8) is 0 Å². The maximum Gasteiger partial charge on any atom is 0.325 e. The third-order valence-corrected chi connectivity index (χ3v) is 3.67. The third kappa shape index (κ3) is 11.7. The zero-order chi connectivity index (χ0) is 19.9. The molecule has 0 bridgehead atoms. The summed E-state index contributed by atoms with van der Waals surface area (Å²) in [6.45, 7) is -0.0583. The Morgan fingerprint density at radius 3 is 2.42 bits per heavy atom. The summed E-state index contributed by atoms with van der Waals surface area (Å²) in [7, 11) is 0. The van der Waals surface area contributed by atoms with E-state index in [0.717, 1.165) is 6.42 Å². The van der Waals surface area contributed by atoms with Crippen molar-refractivity contribution in [1.82, 2.24) is 10.6 Å². The van der Waals surface area contributed by atoms with Gasteiger partial charge in [-0.25, -0.2) is 0 Å². The van der Waals surface area contributed by atoms with Gasteiger partial charge in [-0.05, 0) is 25.7 Å². The Labute approximate surface area is 157 Å². The fourth-order valence-electron chi connectivity index (χ4n) is 1.78. The van der Waals surface area contributed by atoms with Crippen LogP contribution in [0.4, 0.5) is 0 Å². The monoisotopic (exact) mass is 393 g/mol. The molecule has 0 spiro atoms. The first-order valence-electron chi connectivity index (χ1n) is 8.24. The van der Waals surface area contributed by atoms with E-state index in [1.54, 1.807) is 0 Å². The van der Waals surface area contributed by atoms with Crippen molar-refractivity contribution in [2.24, 2.45) is 5.73 Å². The minimum Gasteiger partial charge on any atom is -0.480 e. The summed E-state index contributed by atoms with van der Waals surface area (Å²) in [4.78, 5) is 45.8. The number of nitrogens with two attached hydrogens (primary N) is 1. The maximum absolute atomic E-state index is 11.9. The highest BCUT2D eigenvalue weighted by Crippen LogP contribution is 1.98. The smallest absolute Gasteiger partial charge is 0.325 e. The van der Waals surface area contributed by atoms with Crippen LogP contribution in [-0.2, 0) is 23.9 Å². The summed E-state index contributed by atoms with van der Waals surface area (Å²) in [5.41, 5.74) is 5.30. The largest absolute Gasteiger partial charge is 0.480 e. The number of unbranched alkanes of at least 4 members (excludes halogenated alkanes) is 2. The number of hydrogen-bond donors (Lipinski definition) is 6. The summed E-state index contributed by atoms with van der Waals surface area (Å²) in [5, 5.41) is 22.0. The summed E-state index contributed by atoms with van der Waals surface area (Å²) in [6.07, 6.45) is 1.77. The Kier molecular flexibility index (Phi) is 13.3. The van der Waals surface area contributed by atoms with Gasteiger partial charge in [0.15, 0.2) is 0 Å². The van der Waals surface area contributed by atoms with Crippen LogP contribution in [-0.4, -0.2) is 71.6 Å². The number of carbonyl (C=O) groups excluding carboxylic acids is 3. The Morgan fingerprint density at radius 1 is 1.15 bits per heavy atom. The molecule has 0 aromatic heterocycles. The number of rotatable bonds is 14. The molecule has 0 aromatic carbocycles. The number of nitrogens with one attached hydrogen (secondary N) is 2. The number of thiol groups is 1. The number of amides is 2. The second kappa shape index (κ2) is 14.3. The first kappa shape index (κ1) is 24.1. The number of aliphatic hydroxyl groups is 1. The second-order valence-electron chi connectivity index (χ2n) is 5.51. The minimum atomic E-state index is -1.21. The van der Waals surface area contributed by atoms with E-state index in [1.165, 1.54) is 0 Å². The standard InChI is InChI=1S/C15H27N3O7S/c16-10(15(23)24)4-5-12(20)18-11(9-26)14(22)17-8-13(21)25-7-3-1-2-6-19/h10-11,19,26H,1-9,16H2,(H,17,22)(H,18,20)(H,23,24). The zero-order valence-electron chi connectivity index (χ0n) is 14.5. The number of hydrogen-bond acceptors (Lipinski definition) is 8. The van der Waals surface area contributed by atoms with Gasteiger partial charge in [-0.3, -0.25) is 19.2 Å². The number of carboxylic acid groups (broad SMARTS) is 1. The number of aliphatic hydroxyl groups excluding tert-OH is 1. The lowest BCUT2D eigenvalue weighted by molar-refractivity contribution is -0.144. The fraction of sp³-hybridized carbons (Fsp3) is 0.733. The highest BCUT2D eigenvalue weighted by atomic mass is 32.1. The van der Waals surface area contributed by atoms with Gasteiger partial charge in [-0.2, -0.15) is 12.6 Å². The molecule has 0 heterocycles. The molecule has 11 heteroatoms. The van der Waals surface area contributed by atoms with Crippen LogP contribution in [0.5, 0.6) is 0 Å². The molecule has 0 aliphatic heterocycles. The number of carboxylic acids is 1. The van der Waals surface area contributed by atoms with Crippen LogP contribution in [0.3, 0.4) is 0 Å². The highest BCUT2D eigenvalue weighted by molar-refractivity contribution is 7.80. The molecule has 10 nitrogen and oxygen atoms in total. The first-order chi connectivity index (χ1) is 12.3. The average molecular weight is 393 g/mol. The van der Waals surface area contributed by atoms with Crippen molar-refractivity contribution in [3.8, 4) is 0 Å². The molecule has 0 saturated carbocycles. The number of ether oxygens (including phenoxy) is 1. The molecule has 0 fully saturated rings. The van der Waals surface area contributed by atoms with Crippen LogP contribution in [0.1, 0.15) is 32.1 Å². The van der Waals surface area contributed by atoms with Gasteiger partial charge in [-0.1, -0.05) is 0 Å². The topological polar surface area (TPSA) is 168 Å². The van der Waals surface area contributed by atoms with E-state index < -0.39 is 35.8 Å². The van der Waals surface area contributed by atoms with Crippen molar-refractivity contribution in [2.75, 3.05) is 25.5 Å². The molecule has 2 unspecified atom stereocenters. The minimum absolute atomic E-state index is 0.00123. The Balaban J connectivity index is 4.10. The van der Waals surface area contributed by atoms with E-state index in [9.17, 15) is 19.2 Å². The molecule has 0 aliphatic carbocycles. The van der Waals surface area contributed by atoms with Gasteiger partial charge < -0.3 is 31.3 Å². The molecule has 6 N–H and O–H groups in total. The summed E-state index contributed by atoms with van der Waals surface area (Å²) < 4.78 is 4.91. The van der Waals surface area contributed by atoms with Gasteiger partial charge in [-0.15, -0.1) is 0 Å². The number of carbonyl (C=O) groups is 4. The van der Waals surface area contributed by atoms with Crippen LogP contribution >= 0.6 is 12.6 Å². The molecule has 0 saturated heterocycles. The highest BCUT2D eigenvalue weighted by Gasteiger charge is 2.21. The van der Waals surface area contributed by atoms with Crippen molar-refractivity contribution in [3.05, 3.63) is 0 Å². The van der Waals surface area contributed by atoms with Crippen LogP contribution in [0.25, 0.3) is 0 Å². The van der Waals surface area contributed by atoms with Crippen LogP contribution in [0, 0.1) is 0 Å². The average Bonchev–Trinajstić information content (AvgIpc) is 2.61. The summed E-state index contributed by atoms with van der Waals surface area (Å²) in [6, 6.07) is -2.12. The van der Waals surface area contributed by atoms with E-state index in [1.807, 2.05) is 0 Å². The quantitative estimate of drug-likeness (QED) is 0.117. The zero-order valence-corrected chi connectivity index (χ0v) is 15.4. The van der Waals surface area contributed by atoms with Gasteiger partial charge in [0, 0.05) is 18.8 Å². The first-order valence-corrected chi connectivity index (χ1v) is 8.87. The van der Waals surface area contributed by atoms with Crippen molar-refractivity contribution >= 4 is 36.4 Å². The van der Waals surface area contributed by atoms with Gasteiger partial charge in [0.1, 0.15) is 18.6 Å². The predicted octanol–water partition coefficient (Wildman–Crippen LogP) is -1.58. The van der Waals surface area contributed by atoms with E-state index >= 15 is 0 Å². The van der Waals surface area contributed by atoms with Gasteiger partial charge in [0.2, 0.25) is 11.8 Å². The molecule has 0 aromatic rings. The lowest BCUT2D eigenvalue weighted by Crippen LogP contribution is -2.49. The molecular formula is C15H27N3O7S. The normalized spacial score (nSPS) is 12.7. The summed E-state index contributed by atoms with van der Waals surface area (Å²) >= 11 is 3.97. The second-order valence-corrected chi connectivity index (χ2v) is 5.87. The van der Waals surface area contributed by atoms with Gasteiger partial charge in [0.25, 0.3) is 0 Å². The molecule has 150 valence electrons. The predicted molar refractivity (Wildman–Crippen MR) is 95.5 cm³/mol. The SMILES string of the molecule is NC(CCC(=O)NC(CS)C(=O)NCC(=O)OCCCCCO)C(=O)O. The van der Waals surface area contributed by atoms with E-state index in [-0.39, 0.29) is 38.4 Å². The molecule has 0 rings (SSSR count). The Morgan fingerprint density at radius 2 is 1.85 bits per heavy atom. The molecule has 0 radical (unpaired) electrons. The fourth-order valence-corrected chi connectivity index (χ4v) is 2.04. The Bertz CT molecular complexity index is 476.